The summed E-state index contributed by atoms with van der Waals surface area (Å²) in [5.74, 6) is -2.13. The lowest BCUT2D eigenvalue weighted by Crippen LogP contribution is -2.40. The number of phenolic OH excluding ortho intramolecular Hbond substituents is 1. The van der Waals surface area contributed by atoms with Crippen LogP contribution in [0, 0.1) is 0 Å². The van der Waals surface area contributed by atoms with Crippen molar-refractivity contribution < 1.29 is 24.9 Å². The zero-order chi connectivity index (χ0) is 14.2. The van der Waals surface area contributed by atoms with Crippen molar-refractivity contribution in [2.45, 2.75) is 18.6 Å². The number of nitrogens with zero attached hydrogens (tertiary/aromatic N) is 1. The second-order valence-corrected chi connectivity index (χ2v) is 4.80. The Bertz CT molecular complexity index is 533. The summed E-state index contributed by atoms with van der Waals surface area (Å²) in [6, 6.07) is 2.85. The number of hydrogen-bond acceptors (Lipinski definition) is 4. The number of carbonyl (C=O) groups is 2. The molecule has 1 saturated heterocycles. The first-order valence-corrected chi connectivity index (χ1v) is 5.98. The smallest absolute Gasteiger partial charge is 0.326 e. The molecular formula is C12H12ClNO5. The van der Waals surface area contributed by atoms with E-state index in [2.05, 4.69) is 0 Å². The average Bonchev–Trinajstić information content (AvgIpc) is 2.74. The molecule has 0 aromatic heterocycles. The van der Waals surface area contributed by atoms with E-state index in [0.29, 0.717) is 0 Å². The van der Waals surface area contributed by atoms with Crippen LogP contribution < -0.4 is 0 Å². The monoisotopic (exact) mass is 285 g/mol. The van der Waals surface area contributed by atoms with Crippen molar-refractivity contribution >= 4 is 23.5 Å². The molecule has 7 heteroatoms. The molecule has 2 rings (SSSR count). The van der Waals surface area contributed by atoms with Crippen LogP contribution in [-0.2, 0) is 4.79 Å². The summed E-state index contributed by atoms with van der Waals surface area (Å²) in [4.78, 5) is 24.3. The fourth-order valence-electron chi connectivity index (χ4n) is 2.11. The summed E-state index contributed by atoms with van der Waals surface area (Å²) >= 11 is 5.75. The molecule has 19 heavy (non-hydrogen) atoms. The maximum Gasteiger partial charge on any atom is 0.326 e. The van der Waals surface area contributed by atoms with Gasteiger partial charge in [-0.05, 0) is 18.2 Å². The number of amides is 1. The normalized spacial score (nSPS) is 22.5. The van der Waals surface area contributed by atoms with E-state index < -0.39 is 24.0 Å². The third-order valence-corrected chi connectivity index (χ3v) is 3.25. The fraction of sp³-hybridized carbons (Fsp3) is 0.333. The van der Waals surface area contributed by atoms with Crippen LogP contribution in [0.15, 0.2) is 18.2 Å². The fourth-order valence-corrected chi connectivity index (χ4v) is 2.28. The molecule has 1 heterocycles. The van der Waals surface area contributed by atoms with Crippen LogP contribution in [0.4, 0.5) is 0 Å². The van der Waals surface area contributed by atoms with Crippen LogP contribution in [0.25, 0.3) is 0 Å². The Hall–Kier alpha value is -1.79. The van der Waals surface area contributed by atoms with Crippen molar-refractivity contribution in [1.29, 1.82) is 0 Å². The number of aliphatic carboxylic acids is 1. The summed E-state index contributed by atoms with van der Waals surface area (Å²) in [6.45, 7) is -0.0816. The Morgan fingerprint density at radius 3 is 2.68 bits per heavy atom. The number of carboxylic acid groups (broad SMARTS) is 1. The van der Waals surface area contributed by atoms with Gasteiger partial charge in [-0.2, -0.15) is 0 Å². The molecule has 1 fully saturated rings. The molecule has 2 atom stereocenters. The van der Waals surface area contributed by atoms with E-state index in [1.807, 2.05) is 0 Å². The van der Waals surface area contributed by atoms with E-state index in [1.165, 1.54) is 18.2 Å². The quantitative estimate of drug-likeness (QED) is 0.743. The number of aliphatic hydroxyl groups is 1. The highest BCUT2D eigenvalue weighted by Gasteiger charge is 2.39. The minimum Gasteiger partial charge on any atom is -0.507 e. The van der Waals surface area contributed by atoms with Crippen LogP contribution in [0.3, 0.4) is 0 Å². The Kier molecular flexibility index (Phi) is 3.64. The highest BCUT2D eigenvalue weighted by Crippen LogP contribution is 2.27. The van der Waals surface area contributed by atoms with Gasteiger partial charge in [0.25, 0.3) is 5.91 Å². The van der Waals surface area contributed by atoms with Gasteiger partial charge < -0.3 is 20.2 Å². The lowest BCUT2D eigenvalue weighted by Gasteiger charge is -2.21. The summed E-state index contributed by atoms with van der Waals surface area (Å²) in [5, 5.41) is 28.4. The molecule has 1 aliphatic rings. The molecule has 0 radical (unpaired) electrons. The number of β-amino-alcohol motifs (C(OH)–C–C–N with tert-alkyl or cyclic N) is 1. The minimum atomic E-state index is -1.19. The zero-order valence-electron chi connectivity index (χ0n) is 9.78. The second kappa shape index (κ2) is 5.07. The summed E-state index contributed by atoms with van der Waals surface area (Å²) in [7, 11) is 0. The van der Waals surface area contributed by atoms with Crippen LogP contribution >= 0.6 is 11.6 Å². The lowest BCUT2D eigenvalue weighted by molar-refractivity contribution is -0.141. The van der Waals surface area contributed by atoms with Crippen molar-refractivity contribution in [3.05, 3.63) is 28.8 Å². The first kappa shape index (κ1) is 13.6. The number of benzene rings is 1. The maximum atomic E-state index is 12.2. The van der Waals surface area contributed by atoms with Gasteiger partial charge in [0.15, 0.2) is 0 Å². The van der Waals surface area contributed by atoms with Gasteiger partial charge >= 0.3 is 5.97 Å². The van der Waals surface area contributed by atoms with Gasteiger partial charge in [0.05, 0.1) is 11.7 Å². The minimum absolute atomic E-state index is 0.0254. The van der Waals surface area contributed by atoms with Crippen molar-refractivity contribution in [2.24, 2.45) is 0 Å². The van der Waals surface area contributed by atoms with E-state index in [9.17, 15) is 19.8 Å². The standard InChI is InChI=1S/C12H12ClNO5/c13-6-1-2-10(16)8(3-6)11(17)14-5-7(15)4-9(14)12(18)19/h1-3,7,9,15-16H,4-5H2,(H,18,19). The Labute approximate surface area is 113 Å². The molecule has 1 aliphatic heterocycles. The Morgan fingerprint density at radius 2 is 2.05 bits per heavy atom. The van der Waals surface area contributed by atoms with E-state index >= 15 is 0 Å². The number of aromatic hydroxyl groups is 1. The van der Waals surface area contributed by atoms with Crippen molar-refractivity contribution in [1.82, 2.24) is 4.90 Å². The third kappa shape index (κ3) is 2.64. The van der Waals surface area contributed by atoms with Gasteiger partial charge in [-0.25, -0.2) is 4.79 Å². The molecule has 1 aromatic rings. The number of carbonyl (C=O) groups excluding carboxylic acids is 1. The Balaban J connectivity index is 2.33. The van der Waals surface area contributed by atoms with Gasteiger partial charge in [-0.3, -0.25) is 4.79 Å². The summed E-state index contributed by atoms with van der Waals surface area (Å²) < 4.78 is 0. The number of rotatable bonds is 2. The molecule has 0 aliphatic carbocycles. The van der Waals surface area contributed by atoms with E-state index in [0.717, 1.165) is 4.90 Å². The van der Waals surface area contributed by atoms with Gasteiger partial charge in [-0.15, -0.1) is 0 Å². The lowest BCUT2D eigenvalue weighted by atomic mass is 10.1. The predicted molar refractivity (Wildman–Crippen MR) is 66.2 cm³/mol. The first-order chi connectivity index (χ1) is 8.90. The van der Waals surface area contributed by atoms with Gasteiger partial charge in [0.2, 0.25) is 0 Å². The predicted octanol–water partition coefficient (Wildman–Crippen LogP) is 0.706. The molecule has 3 N–H and O–H groups in total. The topological polar surface area (TPSA) is 98.1 Å². The second-order valence-electron chi connectivity index (χ2n) is 4.36. The molecule has 0 spiro atoms. The van der Waals surface area contributed by atoms with Crippen molar-refractivity contribution in [2.75, 3.05) is 6.54 Å². The zero-order valence-corrected chi connectivity index (χ0v) is 10.5. The number of aliphatic hydroxyl groups excluding tert-OH is 1. The number of likely N-dealkylation sites (tertiary alicyclic amines) is 1. The van der Waals surface area contributed by atoms with Gasteiger partial charge in [-0.1, -0.05) is 11.6 Å². The SMILES string of the molecule is O=C(O)C1CC(O)CN1C(=O)c1cc(Cl)ccc1O. The molecule has 6 nitrogen and oxygen atoms in total. The molecule has 0 saturated carbocycles. The average molecular weight is 286 g/mol. The van der Waals surface area contributed by atoms with Crippen LogP contribution in [-0.4, -0.2) is 50.8 Å². The molecule has 102 valence electrons. The summed E-state index contributed by atoms with van der Waals surface area (Å²) in [6.07, 6.45) is -0.908. The van der Waals surface area contributed by atoms with Crippen LogP contribution in [0.1, 0.15) is 16.8 Å². The number of phenols is 1. The molecule has 2 unspecified atom stereocenters. The van der Waals surface area contributed by atoms with Crippen molar-refractivity contribution in [3.8, 4) is 5.75 Å². The molecule has 1 amide bonds. The first-order valence-electron chi connectivity index (χ1n) is 5.60. The highest BCUT2D eigenvalue weighted by atomic mass is 35.5. The van der Waals surface area contributed by atoms with E-state index in [4.69, 9.17) is 16.7 Å². The van der Waals surface area contributed by atoms with E-state index in [-0.39, 0.29) is 29.3 Å². The van der Waals surface area contributed by atoms with Crippen LogP contribution in [0.2, 0.25) is 5.02 Å². The number of halogens is 1. The third-order valence-electron chi connectivity index (χ3n) is 3.01. The summed E-state index contributed by atoms with van der Waals surface area (Å²) in [5.41, 5.74) is -0.0761. The highest BCUT2D eigenvalue weighted by molar-refractivity contribution is 6.31. The maximum absolute atomic E-state index is 12.2. The molecular weight excluding hydrogens is 274 g/mol. The molecule has 1 aromatic carbocycles. The van der Waals surface area contributed by atoms with E-state index in [1.54, 1.807) is 0 Å². The number of carboxylic acids is 1. The van der Waals surface area contributed by atoms with Gasteiger partial charge in [0.1, 0.15) is 11.8 Å². The van der Waals surface area contributed by atoms with Gasteiger partial charge in [0, 0.05) is 18.0 Å². The van der Waals surface area contributed by atoms with Crippen molar-refractivity contribution in [3.63, 3.8) is 0 Å². The van der Waals surface area contributed by atoms with Crippen LogP contribution in [0.5, 0.6) is 5.75 Å². The largest absolute Gasteiger partial charge is 0.507 e. The molecule has 0 bridgehead atoms. The number of hydrogen-bond donors (Lipinski definition) is 3. The Morgan fingerprint density at radius 1 is 1.37 bits per heavy atom.